The van der Waals surface area contributed by atoms with Crippen molar-refractivity contribution in [2.75, 3.05) is 13.7 Å². The molecular weight excluding hydrogens is 292 g/mol. The summed E-state index contributed by atoms with van der Waals surface area (Å²) in [5, 5.41) is 0. The molecule has 0 aromatic heterocycles. The Morgan fingerprint density at radius 3 is 2.09 bits per heavy atom. The molecule has 0 amide bonds. The van der Waals surface area contributed by atoms with E-state index >= 15 is 0 Å². The van der Waals surface area contributed by atoms with E-state index in [4.69, 9.17) is 4.74 Å². The van der Waals surface area contributed by atoms with Crippen molar-refractivity contribution >= 4 is 23.9 Å². The Morgan fingerprint density at radius 1 is 0.955 bits per heavy atom. The summed E-state index contributed by atoms with van der Waals surface area (Å²) < 4.78 is 13.8. The fourth-order valence-electron chi connectivity index (χ4n) is 1.10. The van der Waals surface area contributed by atoms with Crippen LogP contribution in [-0.2, 0) is 33.4 Å². The maximum atomic E-state index is 11.4. The number of carbonyl (C=O) groups is 4. The van der Waals surface area contributed by atoms with E-state index in [0.717, 1.165) is 12.2 Å². The van der Waals surface area contributed by atoms with Gasteiger partial charge >= 0.3 is 23.9 Å². The Bertz CT molecular complexity index is 443. The van der Waals surface area contributed by atoms with Gasteiger partial charge in [0.15, 0.2) is 0 Å². The molecule has 0 N–H and O–H groups in total. The van der Waals surface area contributed by atoms with Crippen molar-refractivity contribution in [1.29, 1.82) is 0 Å². The van der Waals surface area contributed by atoms with E-state index in [1.54, 1.807) is 20.8 Å². The van der Waals surface area contributed by atoms with Gasteiger partial charge in [0, 0.05) is 18.6 Å². The van der Waals surface area contributed by atoms with Gasteiger partial charge in [-0.25, -0.2) is 9.59 Å². The van der Waals surface area contributed by atoms with Crippen molar-refractivity contribution in [1.82, 2.24) is 0 Å². The second-order valence-electron chi connectivity index (χ2n) is 5.49. The highest BCUT2D eigenvalue weighted by molar-refractivity contribution is 5.91. The normalized spacial score (nSPS) is 11.1. The molecule has 0 aliphatic carbocycles. The fraction of sp³-hybridized carbons (Fsp3) is 0.600. The maximum absolute atomic E-state index is 11.4. The summed E-state index contributed by atoms with van der Waals surface area (Å²) in [4.78, 5) is 44.7. The topological polar surface area (TPSA) is 96.0 Å². The third-order valence-electron chi connectivity index (χ3n) is 2.40. The van der Waals surface area contributed by atoms with E-state index in [9.17, 15) is 19.2 Å². The molecule has 7 nitrogen and oxygen atoms in total. The van der Waals surface area contributed by atoms with Crippen LogP contribution in [0.5, 0.6) is 0 Å². The Balaban J connectivity index is 3.79. The lowest BCUT2D eigenvalue weighted by Gasteiger charge is -2.15. The first-order valence-electron chi connectivity index (χ1n) is 6.84. The summed E-state index contributed by atoms with van der Waals surface area (Å²) in [7, 11) is 1.20. The van der Waals surface area contributed by atoms with E-state index in [0.29, 0.717) is 12.8 Å². The third kappa shape index (κ3) is 9.68. The molecule has 0 radical (unpaired) electrons. The van der Waals surface area contributed by atoms with Crippen LogP contribution >= 0.6 is 0 Å². The first-order valence-corrected chi connectivity index (χ1v) is 6.84. The average Bonchev–Trinajstić information content (AvgIpc) is 2.43. The Morgan fingerprint density at radius 2 is 1.55 bits per heavy atom. The highest BCUT2D eigenvalue weighted by atomic mass is 16.6. The molecule has 22 heavy (non-hydrogen) atoms. The largest absolute Gasteiger partial charge is 0.466 e. The third-order valence-corrected chi connectivity index (χ3v) is 2.40. The number of hydrogen-bond donors (Lipinski definition) is 0. The van der Waals surface area contributed by atoms with Crippen LogP contribution in [0.1, 0.15) is 40.0 Å². The van der Waals surface area contributed by atoms with Crippen LogP contribution in [0.2, 0.25) is 0 Å². The van der Waals surface area contributed by atoms with Crippen LogP contribution in [0.25, 0.3) is 0 Å². The van der Waals surface area contributed by atoms with Crippen LogP contribution < -0.4 is 0 Å². The highest BCUT2D eigenvalue weighted by Crippen LogP contribution is 2.15. The maximum Gasteiger partial charge on any atom is 0.331 e. The summed E-state index contributed by atoms with van der Waals surface area (Å²) in [5.74, 6) is -2.49. The number of unbranched alkanes of at least 4 members (excludes halogenated alkanes) is 1. The van der Waals surface area contributed by atoms with Crippen molar-refractivity contribution in [2.45, 2.75) is 40.0 Å². The summed E-state index contributed by atoms with van der Waals surface area (Å²) in [6.07, 6.45) is 2.85. The van der Waals surface area contributed by atoms with E-state index in [-0.39, 0.29) is 13.0 Å². The van der Waals surface area contributed by atoms with E-state index in [2.05, 4.69) is 9.47 Å². The molecule has 0 bridgehead atoms. The Kier molecular flexibility index (Phi) is 8.74. The zero-order valence-corrected chi connectivity index (χ0v) is 13.3. The number of hydrogen-bond acceptors (Lipinski definition) is 7. The summed E-state index contributed by atoms with van der Waals surface area (Å²) in [6.45, 7) is 5.07. The minimum absolute atomic E-state index is 0.0668. The van der Waals surface area contributed by atoms with Gasteiger partial charge in [0.2, 0.25) is 0 Å². The molecule has 0 saturated carbocycles. The molecule has 0 fully saturated rings. The van der Waals surface area contributed by atoms with Crippen LogP contribution in [0.4, 0.5) is 0 Å². The van der Waals surface area contributed by atoms with Gasteiger partial charge in [-0.05, 0) is 33.6 Å². The number of ether oxygens (including phenoxy) is 3. The Hall–Kier alpha value is -2.18. The zero-order valence-electron chi connectivity index (χ0n) is 13.3. The van der Waals surface area contributed by atoms with E-state index in [1.807, 2.05) is 0 Å². The average molecular weight is 314 g/mol. The Labute approximate surface area is 129 Å². The monoisotopic (exact) mass is 314 g/mol. The van der Waals surface area contributed by atoms with Gasteiger partial charge in [0.1, 0.15) is 0 Å². The summed E-state index contributed by atoms with van der Waals surface area (Å²) in [5.41, 5.74) is -0.725. The first-order chi connectivity index (χ1) is 10.2. The lowest BCUT2D eigenvalue weighted by Crippen LogP contribution is -2.25. The van der Waals surface area contributed by atoms with Crippen molar-refractivity contribution in [3.63, 3.8) is 0 Å². The highest BCUT2D eigenvalue weighted by Gasteiger charge is 2.25. The molecule has 0 aromatic rings. The number of rotatable bonds is 7. The molecule has 7 heteroatoms. The molecule has 0 spiro atoms. The lowest BCUT2D eigenvalue weighted by molar-refractivity contribution is -0.165. The zero-order chi connectivity index (χ0) is 17.2. The van der Waals surface area contributed by atoms with Crippen LogP contribution in [-0.4, -0.2) is 37.6 Å². The number of esters is 4. The van der Waals surface area contributed by atoms with Gasteiger partial charge in [-0.2, -0.15) is 0 Å². The molecule has 0 aliphatic rings. The number of methoxy groups -OCH3 is 1. The lowest BCUT2D eigenvalue weighted by atomic mass is 9.97. The quantitative estimate of drug-likeness (QED) is 0.231. The predicted octanol–water partition coefficient (Wildman–Crippen LogP) is 1.54. The van der Waals surface area contributed by atoms with E-state index in [1.165, 1.54) is 7.11 Å². The first kappa shape index (κ1) is 19.8. The summed E-state index contributed by atoms with van der Waals surface area (Å²) >= 11 is 0. The van der Waals surface area contributed by atoms with E-state index < -0.39 is 29.3 Å². The van der Waals surface area contributed by atoms with Gasteiger partial charge in [0.25, 0.3) is 0 Å². The van der Waals surface area contributed by atoms with Crippen molar-refractivity contribution in [3.8, 4) is 0 Å². The number of carbonyl (C=O) groups excluding carboxylic acids is 4. The second-order valence-corrected chi connectivity index (χ2v) is 5.49. The SMILES string of the molecule is COC(=O)/C=C/C(=O)OCCCCC(=O)OC(=O)C(C)(C)C. The van der Waals surface area contributed by atoms with Gasteiger partial charge < -0.3 is 14.2 Å². The molecule has 0 aromatic carbocycles. The van der Waals surface area contributed by atoms with Crippen molar-refractivity contribution < 1.29 is 33.4 Å². The van der Waals surface area contributed by atoms with Crippen molar-refractivity contribution in [2.24, 2.45) is 5.41 Å². The van der Waals surface area contributed by atoms with Crippen LogP contribution in [0.15, 0.2) is 12.2 Å². The van der Waals surface area contributed by atoms with Crippen LogP contribution in [0.3, 0.4) is 0 Å². The minimum Gasteiger partial charge on any atom is -0.466 e. The summed E-state index contributed by atoms with van der Waals surface area (Å²) in [6, 6.07) is 0. The second kappa shape index (κ2) is 9.70. The molecule has 0 aliphatic heterocycles. The van der Waals surface area contributed by atoms with Gasteiger partial charge in [0.05, 0.1) is 19.1 Å². The van der Waals surface area contributed by atoms with Crippen molar-refractivity contribution in [3.05, 3.63) is 12.2 Å². The van der Waals surface area contributed by atoms with Gasteiger partial charge in [-0.3, -0.25) is 9.59 Å². The molecule has 0 unspecified atom stereocenters. The molecule has 0 saturated heterocycles. The molecule has 0 atom stereocenters. The molecular formula is C15H22O7. The molecule has 0 heterocycles. The smallest absolute Gasteiger partial charge is 0.331 e. The van der Waals surface area contributed by atoms with Gasteiger partial charge in [-0.1, -0.05) is 0 Å². The minimum atomic E-state index is -0.725. The standard InChI is InChI=1S/C15H22O7/c1-15(2,3)14(19)22-13(18)7-5-6-10-21-12(17)9-8-11(16)20-4/h8-9H,5-7,10H2,1-4H3/b9-8+. The molecule has 0 rings (SSSR count). The van der Waals surface area contributed by atoms with Gasteiger partial charge in [-0.15, -0.1) is 0 Å². The predicted molar refractivity (Wildman–Crippen MR) is 76.5 cm³/mol. The molecule has 124 valence electrons. The van der Waals surface area contributed by atoms with Crippen LogP contribution in [0, 0.1) is 5.41 Å². The fourth-order valence-corrected chi connectivity index (χ4v) is 1.10.